The molecule has 1 aromatic carbocycles. The molecule has 0 atom stereocenters. The van der Waals surface area contributed by atoms with Crippen molar-refractivity contribution in [2.75, 3.05) is 24.3 Å². The van der Waals surface area contributed by atoms with Gasteiger partial charge in [-0.05, 0) is 24.5 Å². The number of carbonyl (C=O) groups is 1. The van der Waals surface area contributed by atoms with Gasteiger partial charge in [-0.1, -0.05) is 15.9 Å². The number of benzene rings is 1. The van der Waals surface area contributed by atoms with Crippen LogP contribution in [-0.2, 0) is 0 Å². The standard InChI is InChI=1S/C10H13BrN2OS/c1-15-5-4-13-10(14)8-3-2-7(11)6-9(8)12/h2-3,6H,4-5,12H2,1H3,(H,13,14). The molecule has 3 nitrogen and oxygen atoms in total. The fourth-order valence-electron chi connectivity index (χ4n) is 1.10. The van der Waals surface area contributed by atoms with Gasteiger partial charge in [0.2, 0.25) is 0 Å². The first-order valence-electron chi connectivity index (χ1n) is 4.47. The van der Waals surface area contributed by atoms with Crippen LogP contribution < -0.4 is 11.1 Å². The predicted molar refractivity (Wildman–Crippen MR) is 69.3 cm³/mol. The molecule has 0 spiro atoms. The van der Waals surface area contributed by atoms with E-state index in [9.17, 15) is 4.79 Å². The highest BCUT2D eigenvalue weighted by molar-refractivity contribution is 9.10. The Kier molecular flexibility index (Phi) is 4.98. The molecule has 0 heterocycles. The number of nitrogen functional groups attached to an aromatic ring is 1. The highest BCUT2D eigenvalue weighted by Gasteiger charge is 2.08. The van der Waals surface area contributed by atoms with E-state index in [1.807, 2.05) is 6.26 Å². The van der Waals surface area contributed by atoms with Gasteiger partial charge < -0.3 is 11.1 Å². The summed E-state index contributed by atoms with van der Waals surface area (Å²) in [5, 5.41) is 2.81. The molecule has 0 saturated heterocycles. The molecule has 82 valence electrons. The zero-order valence-corrected chi connectivity index (χ0v) is 10.8. The Morgan fingerprint density at radius 3 is 2.93 bits per heavy atom. The van der Waals surface area contributed by atoms with E-state index in [-0.39, 0.29) is 5.91 Å². The first-order valence-corrected chi connectivity index (χ1v) is 6.66. The van der Waals surface area contributed by atoms with Gasteiger partial charge in [0.25, 0.3) is 5.91 Å². The van der Waals surface area contributed by atoms with Crippen molar-refractivity contribution in [2.45, 2.75) is 0 Å². The Bertz CT molecular complexity index is 357. The molecule has 1 amide bonds. The van der Waals surface area contributed by atoms with Crippen LogP contribution in [0.1, 0.15) is 10.4 Å². The molecule has 3 N–H and O–H groups in total. The van der Waals surface area contributed by atoms with E-state index in [1.165, 1.54) is 0 Å². The second-order valence-electron chi connectivity index (χ2n) is 2.98. The molecule has 1 rings (SSSR count). The summed E-state index contributed by atoms with van der Waals surface area (Å²) in [6.07, 6.45) is 2.00. The lowest BCUT2D eigenvalue weighted by Gasteiger charge is -2.06. The third kappa shape index (κ3) is 3.76. The number of nitrogens with one attached hydrogen (secondary N) is 1. The lowest BCUT2D eigenvalue weighted by molar-refractivity contribution is 0.0957. The topological polar surface area (TPSA) is 55.1 Å². The second kappa shape index (κ2) is 6.02. The van der Waals surface area contributed by atoms with Gasteiger partial charge in [0.05, 0.1) is 5.56 Å². The minimum atomic E-state index is -0.117. The smallest absolute Gasteiger partial charge is 0.253 e. The Morgan fingerprint density at radius 2 is 2.33 bits per heavy atom. The molecule has 1 aromatic rings. The molecule has 5 heteroatoms. The van der Waals surface area contributed by atoms with Gasteiger partial charge in [-0.25, -0.2) is 0 Å². The van der Waals surface area contributed by atoms with Crippen molar-refractivity contribution in [1.29, 1.82) is 0 Å². The molecule has 0 aliphatic rings. The number of amides is 1. The molecular weight excluding hydrogens is 276 g/mol. The SMILES string of the molecule is CSCCNC(=O)c1ccc(Br)cc1N. The number of halogens is 1. The van der Waals surface area contributed by atoms with E-state index in [2.05, 4.69) is 21.2 Å². The van der Waals surface area contributed by atoms with Gasteiger partial charge in [-0.2, -0.15) is 11.8 Å². The summed E-state index contributed by atoms with van der Waals surface area (Å²) in [5.41, 5.74) is 6.75. The molecule has 15 heavy (non-hydrogen) atoms. The summed E-state index contributed by atoms with van der Waals surface area (Å²) in [5.74, 6) is 0.788. The number of hydrogen-bond donors (Lipinski definition) is 2. The maximum atomic E-state index is 11.6. The third-order valence-corrected chi connectivity index (χ3v) is 2.96. The van der Waals surface area contributed by atoms with Crippen LogP contribution in [0.25, 0.3) is 0 Å². The highest BCUT2D eigenvalue weighted by Crippen LogP contribution is 2.18. The summed E-state index contributed by atoms with van der Waals surface area (Å²) in [6, 6.07) is 5.25. The molecule has 0 bridgehead atoms. The van der Waals surface area contributed by atoms with Crippen LogP contribution in [0.3, 0.4) is 0 Å². The Hall–Kier alpha value is -0.680. The number of rotatable bonds is 4. The molecule has 0 aromatic heterocycles. The monoisotopic (exact) mass is 288 g/mol. The molecule has 0 saturated carbocycles. The van der Waals surface area contributed by atoms with Gasteiger partial charge in [0.15, 0.2) is 0 Å². The van der Waals surface area contributed by atoms with E-state index in [4.69, 9.17) is 5.73 Å². The largest absolute Gasteiger partial charge is 0.398 e. The van der Waals surface area contributed by atoms with E-state index in [1.54, 1.807) is 30.0 Å². The zero-order chi connectivity index (χ0) is 11.3. The van der Waals surface area contributed by atoms with Crippen LogP contribution >= 0.6 is 27.7 Å². The van der Waals surface area contributed by atoms with E-state index in [0.717, 1.165) is 10.2 Å². The van der Waals surface area contributed by atoms with E-state index < -0.39 is 0 Å². The van der Waals surface area contributed by atoms with Crippen LogP contribution in [0.2, 0.25) is 0 Å². The van der Waals surface area contributed by atoms with Gasteiger partial charge in [-0.3, -0.25) is 4.79 Å². The average Bonchev–Trinajstić information content (AvgIpc) is 2.17. The lowest BCUT2D eigenvalue weighted by atomic mass is 10.2. The quantitative estimate of drug-likeness (QED) is 0.659. The number of anilines is 1. The third-order valence-electron chi connectivity index (χ3n) is 1.85. The Balaban J connectivity index is 2.65. The second-order valence-corrected chi connectivity index (χ2v) is 4.88. The van der Waals surface area contributed by atoms with Crippen LogP contribution in [0.4, 0.5) is 5.69 Å². The maximum absolute atomic E-state index is 11.6. The van der Waals surface area contributed by atoms with Crippen molar-refractivity contribution >= 4 is 39.3 Å². The zero-order valence-electron chi connectivity index (χ0n) is 8.42. The number of hydrogen-bond acceptors (Lipinski definition) is 3. The number of thioether (sulfide) groups is 1. The first-order chi connectivity index (χ1) is 7.15. The number of nitrogens with two attached hydrogens (primary N) is 1. The summed E-state index contributed by atoms with van der Waals surface area (Å²) in [7, 11) is 0. The van der Waals surface area contributed by atoms with E-state index >= 15 is 0 Å². The first kappa shape index (κ1) is 12.4. The van der Waals surface area contributed by atoms with Gasteiger partial charge in [0.1, 0.15) is 0 Å². The van der Waals surface area contributed by atoms with Crippen LogP contribution in [0, 0.1) is 0 Å². The molecule has 0 unspecified atom stereocenters. The van der Waals surface area contributed by atoms with E-state index in [0.29, 0.717) is 17.8 Å². The minimum Gasteiger partial charge on any atom is -0.398 e. The summed E-state index contributed by atoms with van der Waals surface area (Å²) in [6.45, 7) is 0.662. The summed E-state index contributed by atoms with van der Waals surface area (Å²) in [4.78, 5) is 11.6. The molecular formula is C10H13BrN2OS. The van der Waals surface area contributed by atoms with Crippen LogP contribution in [0.15, 0.2) is 22.7 Å². The maximum Gasteiger partial charge on any atom is 0.253 e. The fourth-order valence-corrected chi connectivity index (χ4v) is 1.79. The van der Waals surface area contributed by atoms with Crippen molar-refractivity contribution in [3.8, 4) is 0 Å². The van der Waals surface area contributed by atoms with Gasteiger partial charge >= 0.3 is 0 Å². The summed E-state index contributed by atoms with van der Waals surface area (Å²) < 4.78 is 0.876. The van der Waals surface area contributed by atoms with Crippen molar-refractivity contribution in [3.63, 3.8) is 0 Å². The molecule has 0 aliphatic carbocycles. The normalized spacial score (nSPS) is 10.0. The summed E-state index contributed by atoms with van der Waals surface area (Å²) >= 11 is 4.99. The van der Waals surface area contributed by atoms with Crippen LogP contribution in [0.5, 0.6) is 0 Å². The highest BCUT2D eigenvalue weighted by atomic mass is 79.9. The van der Waals surface area contributed by atoms with Crippen molar-refractivity contribution in [2.24, 2.45) is 0 Å². The average molecular weight is 289 g/mol. The van der Waals surface area contributed by atoms with Gasteiger partial charge in [0, 0.05) is 22.5 Å². The fraction of sp³-hybridized carbons (Fsp3) is 0.300. The Morgan fingerprint density at radius 1 is 1.60 bits per heavy atom. The van der Waals surface area contributed by atoms with Crippen molar-refractivity contribution in [3.05, 3.63) is 28.2 Å². The molecule has 0 aliphatic heterocycles. The number of carbonyl (C=O) groups excluding carboxylic acids is 1. The van der Waals surface area contributed by atoms with Crippen LogP contribution in [-0.4, -0.2) is 24.5 Å². The molecule has 0 fully saturated rings. The van der Waals surface area contributed by atoms with Crippen molar-refractivity contribution in [1.82, 2.24) is 5.32 Å². The lowest BCUT2D eigenvalue weighted by Crippen LogP contribution is -2.26. The van der Waals surface area contributed by atoms with Crippen molar-refractivity contribution < 1.29 is 4.79 Å². The Labute approximate surface area is 102 Å². The minimum absolute atomic E-state index is 0.117. The molecule has 0 radical (unpaired) electrons. The predicted octanol–water partition coefficient (Wildman–Crippen LogP) is 2.12. The van der Waals surface area contributed by atoms with Gasteiger partial charge in [-0.15, -0.1) is 0 Å².